The number of unbranched alkanes of at least 4 members (excludes halogenated alkanes) is 28. The van der Waals surface area contributed by atoms with Crippen molar-refractivity contribution in [2.75, 3.05) is 6.61 Å². The third kappa shape index (κ3) is 39.6. The number of carbonyl (C=O) groups excluding carboxylic acids is 1. The van der Waals surface area contributed by atoms with Gasteiger partial charge in [-0.3, -0.25) is 4.79 Å². The lowest BCUT2D eigenvalue weighted by molar-refractivity contribution is -0.123. The number of nitrogens with one attached hydrogen (secondary N) is 1. The lowest BCUT2D eigenvalue weighted by Crippen LogP contribution is -2.45. The molecule has 0 rings (SSSR count). The molecule has 0 fully saturated rings. The van der Waals surface area contributed by atoms with Gasteiger partial charge in [0.15, 0.2) is 0 Å². The van der Waals surface area contributed by atoms with Crippen LogP contribution < -0.4 is 5.32 Å². The molecule has 0 heterocycles. The predicted molar refractivity (Wildman–Crippen MR) is 225 cm³/mol. The van der Waals surface area contributed by atoms with Crippen molar-refractivity contribution in [3.63, 3.8) is 0 Å². The van der Waals surface area contributed by atoms with Crippen molar-refractivity contribution in [3.05, 3.63) is 36.5 Å². The van der Waals surface area contributed by atoms with E-state index in [0.29, 0.717) is 12.8 Å². The molecule has 0 saturated heterocycles. The van der Waals surface area contributed by atoms with Gasteiger partial charge in [-0.15, -0.1) is 0 Å². The Kier molecular flexibility index (Phi) is 41.8. The van der Waals surface area contributed by atoms with Gasteiger partial charge >= 0.3 is 0 Å². The molecule has 0 radical (unpaired) electrons. The van der Waals surface area contributed by atoms with Gasteiger partial charge in [-0.2, -0.15) is 0 Å². The van der Waals surface area contributed by atoms with Crippen LogP contribution in [0.2, 0.25) is 0 Å². The molecule has 0 saturated carbocycles. The van der Waals surface area contributed by atoms with Gasteiger partial charge in [-0.05, 0) is 51.4 Å². The summed E-state index contributed by atoms with van der Waals surface area (Å²) < 4.78 is 0. The molecule has 0 aromatic rings. The second-order valence-electron chi connectivity index (χ2n) is 15.5. The molecule has 0 spiro atoms. The van der Waals surface area contributed by atoms with Crippen molar-refractivity contribution in [1.82, 2.24) is 5.32 Å². The van der Waals surface area contributed by atoms with Crippen molar-refractivity contribution in [3.8, 4) is 0 Å². The second kappa shape index (κ2) is 43.0. The van der Waals surface area contributed by atoms with Gasteiger partial charge in [0, 0.05) is 6.42 Å². The van der Waals surface area contributed by atoms with Crippen molar-refractivity contribution in [1.29, 1.82) is 0 Å². The molecule has 2 atom stereocenters. The van der Waals surface area contributed by atoms with E-state index in [4.69, 9.17) is 0 Å². The monoisotopic (exact) mass is 716 g/mol. The van der Waals surface area contributed by atoms with E-state index in [1.165, 1.54) is 173 Å². The van der Waals surface area contributed by atoms with Gasteiger partial charge in [-0.25, -0.2) is 0 Å². The Morgan fingerprint density at radius 2 is 0.804 bits per heavy atom. The maximum Gasteiger partial charge on any atom is 0.220 e. The molecule has 4 nitrogen and oxygen atoms in total. The highest BCUT2D eigenvalue weighted by molar-refractivity contribution is 5.76. The Hall–Kier alpha value is -1.39. The molecule has 2 unspecified atom stereocenters. The molecule has 0 aromatic carbocycles. The van der Waals surface area contributed by atoms with E-state index in [-0.39, 0.29) is 12.5 Å². The average molecular weight is 716 g/mol. The van der Waals surface area contributed by atoms with Crippen LogP contribution in [0.1, 0.15) is 239 Å². The van der Waals surface area contributed by atoms with Crippen LogP contribution >= 0.6 is 0 Å². The number of rotatable bonds is 41. The van der Waals surface area contributed by atoms with Crippen molar-refractivity contribution in [2.24, 2.45) is 0 Å². The van der Waals surface area contributed by atoms with Crippen LogP contribution in [0.25, 0.3) is 0 Å². The lowest BCUT2D eigenvalue weighted by atomic mass is 10.0. The summed E-state index contributed by atoms with van der Waals surface area (Å²) in [5.74, 6) is -0.0355. The molecule has 0 bridgehead atoms. The fraction of sp³-hybridized carbons (Fsp3) is 0.851. The minimum atomic E-state index is -0.654. The minimum Gasteiger partial charge on any atom is -0.394 e. The van der Waals surface area contributed by atoms with Crippen molar-refractivity contribution in [2.45, 2.75) is 251 Å². The van der Waals surface area contributed by atoms with E-state index >= 15 is 0 Å². The highest BCUT2D eigenvalue weighted by atomic mass is 16.3. The maximum absolute atomic E-state index is 12.3. The van der Waals surface area contributed by atoms with E-state index in [1.54, 1.807) is 0 Å². The molecule has 4 heteroatoms. The summed E-state index contributed by atoms with van der Waals surface area (Å²) in [6, 6.07) is -0.531. The summed E-state index contributed by atoms with van der Waals surface area (Å²) in [7, 11) is 0. The van der Waals surface area contributed by atoms with Crippen LogP contribution in [0, 0.1) is 0 Å². The predicted octanol–water partition coefficient (Wildman–Crippen LogP) is 14.2. The van der Waals surface area contributed by atoms with E-state index in [2.05, 4.69) is 55.6 Å². The van der Waals surface area contributed by atoms with Gasteiger partial charge in [0.25, 0.3) is 0 Å². The summed E-state index contributed by atoms with van der Waals surface area (Å²) in [4.78, 5) is 12.3. The first kappa shape index (κ1) is 49.6. The van der Waals surface area contributed by atoms with Gasteiger partial charge in [0.2, 0.25) is 5.91 Å². The Morgan fingerprint density at radius 1 is 0.471 bits per heavy atom. The highest BCUT2D eigenvalue weighted by Gasteiger charge is 2.19. The summed E-state index contributed by atoms with van der Waals surface area (Å²) in [6.45, 7) is 4.29. The Morgan fingerprint density at radius 3 is 1.20 bits per heavy atom. The van der Waals surface area contributed by atoms with Gasteiger partial charge in [-0.1, -0.05) is 217 Å². The van der Waals surface area contributed by atoms with Crippen LogP contribution in [0.5, 0.6) is 0 Å². The Balaban J connectivity index is 3.37. The smallest absolute Gasteiger partial charge is 0.220 e. The fourth-order valence-corrected chi connectivity index (χ4v) is 6.90. The standard InChI is InChI=1S/C47H89NO3/c1-3-5-7-9-11-12-13-14-15-16-17-18-19-20-21-22-23-24-25-26-27-28-29-30-31-32-33-34-35-36-37-39-41-43-47(51)48-45(44-49)46(50)42-40-38-10-8-6-4-2/h13-14,16-17,19-20,45-46,49-50H,3-12,15,18,21-44H2,1-2H3,(H,48,51)/b14-13-,17-16-,20-19-. The third-order valence-corrected chi connectivity index (χ3v) is 10.4. The molecule has 0 aliphatic rings. The zero-order valence-corrected chi connectivity index (χ0v) is 34.4. The fourth-order valence-electron chi connectivity index (χ4n) is 6.90. The van der Waals surface area contributed by atoms with Crippen LogP contribution in [0.3, 0.4) is 0 Å². The summed E-state index contributed by atoms with van der Waals surface area (Å²) in [5.41, 5.74) is 0. The quantitative estimate of drug-likeness (QED) is 0.0436. The lowest BCUT2D eigenvalue weighted by Gasteiger charge is -2.22. The molecule has 300 valence electrons. The Labute approximate surface area is 319 Å². The topological polar surface area (TPSA) is 69.6 Å². The first-order valence-electron chi connectivity index (χ1n) is 22.7. The summed E-state index contributed by atoms with van der Waals surface area (Å²) >= 11 is 0. The van der Waals surface area contributed by atoms with Crippen molar-refractivity contribution >= 4 is 5.91 Å². The SMILES string of the molecule is CCCCCCC/C=C\C/C=C\C/C=C\CCCCCCCCCCCCCCCCCCCCC(=O)NC(CO)C(O)CCCCCCCC. The number of hydrogen-bond donors (Lipinski definition) is 3. The second-order valence-corrected chi connectivity index (χ2v) is 15.5. The van der Waals surface area contributed by atoms with Crippen LogP contribution in [-0.2, 0) is 4.79 Å². The van der Waals surface area contributed by atoms with Crippen LogP contribution in [0.4, 0.5) is 0 Å². The number of hydrogen-bond acceptors (Lipinski definition) is 3. The van der Waals surface area contributed by atoms with Gasteiger partial charge < -0.3 is 15.5 Å². The van der Waals surface area contributed by atoms with E-state index in [1.807, 2.05) is 0 Å². The van der Waals surface area contributed by atoms with Crippen LogP contribution in [-0.4, -0.2) is 34.9 Å². The third-order valence-electron chi connectivity index (χ3n) is 10.4. The zero-order valence-electron chi connectivity index (χ0n) is 34.4. The average Bonchev–Trinajstić information content (AvgIpc) is 3.13. The number of amides is 1. The van der Waals surface area contributed by atoms with Crippen LogP contribution in [0.15, 0.2) is 36.5 Å². The number of carbonyl (C=O) groups is 1. The maximum atomic E-state index is 12.3. The first-order valence-corrected chi connectivity index (χ1v) is 22.7. The first-order chi connectivity index (χ1) is 25.2. The molecule has 0 aliphatic heterocycles. The summed E-state index contributed by atoms with van der Waals surface area (Å²) in [6.07, 6.45) is 56.9. The number of aliphatic hydroxyl groups is 2. The van der Waals surface area contributed by atoms with E-state index in [0.717, 1.165) is 38.5 Å². The summed E-state index contributed by atoms with van der Waals surface area (Å²) in [5, 5.41) is 22.9. The number of aliphatic hydroxyl groups excluding tert-OH is 2. The largest absolute Gasteiger partial charge is 0.394 e. The zero-order chi connectivity index (χ0) is 37.1. The van der Waals surface area contributed by atoms with Crippen molar-refractivity contribution < 1.29 is 15.0 Å². The van der Waals surface area contributed by atoms with E-state index < -0.39 is 12.1 Å². The Bertz CT molecular complexity index is 775. The minimum absolute atomic E-state index is 0.0355. The molecule has 1 amide bonds. The van der Waals surface area contributed by atoms with Gasteiger partial charge in [0.05, 0.1) is 18.8 Å². The molecular formula is C47H89NO3. The normalized spacial score (nSPS) is 13.3. The van der Waals surface area contributed by atoms with E-state index in [9.17, 15) is 15.0 Å². The molecule has 3 N–H and O–H groups in total. The highest BCUT2D eigenvalue weighted by Crippen LogP contribution is 2.16. The molecule has 0 aromatic heterocycles. The van der Waals surface area contributed by atoms with Gasteiger partial charge in [0.1, 0.15) is 0 Å². The molecular weight excluding hydrogens is 627 g/mol. The number of allylic oxidation sites excluding steroid dienone is 6. The molecule has 51 heavy (non-hydrogen) atoms. The molecule has 0 aliphatic carbocycles.